The molecule has 0 bridgehead atoms. The first-order valence-corrected chi connectivity index (χ1v) is 9.41. The highest BCUT2D eigenvalue weighted by atomic mass is 35.5. The molecule has 1 aromatic heterocycles. The quantitative estimate of drug-likeness (QED) is 0.648. The van der Waals surface area contributed by atoms with Gasteiger partial charge < -0.3 is 14.7 Å². The van der Waals surface area contributed by atoms with Crippen LogP contribution in [0.2, 0.25) is 5.02 Å². The van der Waals surface area contributed by atoms with Crippen molar-refractivity contribution in [3.05, 3.63) is 65.3 Å². The van der Waals surface area contributed by atoms with Crippen LogP contribution >= 0.6 is 11.6 Å². The average Bonchev–Trinajstić information content (AvgIpc) is 3.18. The highest BCUT2D eigenvalue weighted by molar-refractivity contribution is 6.30. The van der Waals surface area contributed by atoms with E-state index in [4.69, 9.17) is 16.1 Å². The number of hydrogen-bond acceptors (Lipinski definition) is 4. The smallest absolute Gasteiger partial charge is 0.322 e. The van der Waals surface area contributed by atoms with Crippen LogP contribution in [0.1, 0.15) is 31.2 Å². The topological polar surface area (TPSA) is 71.3 Å². The molecule has 0 radical (unpaired) electrons. The summed E-state index contributed by atoms with van der Waals surface area (Å²) in [5.41, 5.74) is 1.28. The van der Waals surface area contributed by atoms with Gasteiger partial charge in [-0.2, -0.15) is 4.98 Å². The molecule has 1 aliphatic rings. The lowest BCUT2D eigenvalue weighted by molar-refractivity contribution is 0.142. The number of amides is 2. The monoisotopic (exact) mass is 400 g/mol. The molecule has 1 N–H and O–H groups in total. The number of nitrogens with zero attached hydrogens (tertiary/aromatic N) is 3. The first-order valence-electron chi connectivity index (χ1n) is 9.03. The fourth-order valence-corrected chi connectivity index (χ4v) is 3.47. The van der Waals surface area contributed by atoms with Crippen LogP contribution in [-0.4, -0.2) is 27.6 Å². The van der Waals surface area contributed by atoms with Crippen molar-refractivity contribution in [2.45, 2.75) is 25.3 Å². The van der Waals surface area contributed by atoms with E-state index in [1.54, 1.807) is 41.3 Å². The second-order valence-corrected chi connectivity index (χ2v) is 7.05. The molecular formula is C20H18ClFN4O2. The van der Waals surface area contributed by atoms with Crippen molar-refractivity contribution in [2.75, 3.05) is 11.9 Å². The lowest BCUT2D eigenvalue weighted by atomic mass is 10.0. The van der Waals surface area contributed by atoms with Crippen LogP contribution in [0.25, 0.3) is 11.4 Å². The fourth-order valence-electron chi connectivity index (χ4n) is 3.28. The lowest BCUT2D eigenvalue weighted by Gasteiger charge is -2.33. The minimum atomic E-state index is -0.330. The van der Waals surface area contributed by atoms with E-state index in [1.165, 1.54) is 12.1 Å². The molecule has 144 valence electrons. The van der Waals surface area contributed by atoms with Gasteiger partial charge in [0.05, 0.1) is 0 Å². The van der Waals surface area contributed by atoms with E-state index in [1.807, 2.05) is 0 Å². The second kappa shape index (κ2) is 7.98. The van der Waals surface area contributed by atoms with Gasteiger partial charge in [-0.05, 0) is 61.7 Å². The van der Waals surface area contributed by atoms with E-state index in [9.17, 15) is 9.18 Å². The number of piperidine rings is 1. The molecule has 1 fully saturated rings. The summed E-state index contributed by atoms with van der Waals surface area (Å²) in [5, 5.41) is 7.41. The molecule has 0 aliphatic carbocycles. The van der Waals surface area contributed by atoms with Gasteiger partial charge in [-0.15, -0.1) is 0 Å². The number of anilines is 1. The Bertz CT molecular complexity index is 976. The van der Waals surface area contributed by atoms with Gasteiger partial charge in [0.2, 0.25) is 11.7 Å². The number of rotatable bonds is 3. The van der Waals surface area contributed by atoms with Crippen LogP contribution in [0, 0.1) is 5.82 Å². The predicted octanol–water partition coefficient (Wildman–Crippen LogP) is 5.29. The second-order valence-electron chi connectivity index (χ2n) is 6.61. The highest BCUT2D eigenvalue weighted by Crippen LogP contribution is 2.32. The molecule has 2 aromatic carbocycles. The Morgan fingerprint density at radius 3 is 2.82 bits per heavy atom. The van der Waals surface area contributed by atoms with Gasteiger partial charge in [-0.3, -0.25) is 0 Å². The molecule has 1 unspecified atom stereocenters. The van der Waals surface area contributed by atoms with Crippen molar-refractivity contribution in [1.29, 1.82) is 0 Å². The molecule has 0 saturated carbocycles. The zero-order valence-corrected chi connectivity index (χ0v) is 15.7. The van der Waals surface area contributed by atoms with Gasteiger partial charge in [0.15, 0.2) is 0 Å². The fraction of sp³-hybridized carbons (Fsp3) is 0.250. The summed E-state index contributed by atoms with van der Waals surface area (Å²) < 4.78 is 18.6. The summed E-state index contributed by atoms with van der Waals surface area (Å²) in [6.07, 6.45) is 2.59. The molecule has 1 saturated heterocycles. The first-order chi connectivity index (χ1) is 13.6. The number of likely N-dealkylation sites (tertiary alicyclic amines) is 1. The van der Waals surface area contributed by atoms with Gasteiger partial charge in [-0.1, -0.05) is 22.8 Å². The number of benzene rings is 2. The predicted molar refractivity (Wildman–Crippen MR) is 103 cm³/mol. The third-order valence-corrected chi connectivity index (χ3v) is 4.90. The van der Waals surface area contributed by atoms with Gasteiger partial charge in [0.25, 0.3) is 0 Å². The summed E-state index contributed by atoms with van der Waals surface area (Å²) in [4.78, 5) is 19.0. The molecule has 8 heteroatoms. The van der Waals surface area contributed by atoms with E-state index in [-0.39, 0.29) is 17.9 Å². The summed E-state index contributed by atoms with van der Waals surface area (Å²) in [6, 6.07) is 12.3. The van der Waals surface area contributed by atoms with Crippen LogP contribution in [0.4, 0.5) is 14.9 Å². The third-order valence-electron chi connectivity index (χ3n) is 4.67. The molecule has 28 heavy (non-hydrogen) atoms. The van der Waals surface area contributed by atoms with Crippen molar-refractivity contribution in [2.24, 2.45) is 0 Å². The van der Waals surface area contributed by atoms with E-state index < -0.39 is 0 Å². The van der Waals surface area contributed by atoms with E-state index in [0.717, 1.165) is 19.3 Å². The van der Waals surface area contributed by atoms with E-state index in [0.29, 0.717) is 34.5 Å². The zero-order valence-electron chi connectivity index (χ0n) is 14.9. The Kier molecular flexibility index (Phi) is 5.25. The molecule has 4 rings (SSSR count). The summed E-state index contributed by atoms with van der Waals surface area (Å²) in [7, 11) is 0. The normalized spacial score (nSPS) is 16.8. The Morgan fingerprint density at radius 2 is 2.04 bits per heavy atom. The van der Waals surface area contributed by atoms with Crippen LogP contribution in [0.15, 0.2) is 53.1 Å². The molecule has 6 nitrogen and oxygen atoms in total. The molecule has 2 amide bonds. The Hall–Kier alpha value is -2.93. The molecule has 3 aromatic rings. The van der Waals surface area contributed by atoms with Gasteiger partial charge in [-0.25, -0.2) is 9.18 Å². The number of halogens is 2. The summed E-state index contributed by atoms with van der Waals surface area (Å²) >= 11 is 5.99. The zero-order chi connectivity index (χ0) is 19.5. The highest BCUT2D eigenvalue weighted by Gasteiger charge is 2.32. The largest absolute Gasteiger partial charge is 0.337 e. The van der Waals surface area contributed by atoms with E-state index in [2.05, 4.69) is 15.5 Å². The van der Waals surface area contributed by atoms with Crippen molar-refractivity contribution in [3.8, 4) is 11.4 Å². The van der Waals surface area contributed by atoms with Crippen molar-refractivity contribution >= 4 is 23.3 Å². The number of carbonyl (C=O) groups excluding carboxylic acids is 1. The number of aromatic nitrogens is 2. The number of carbonyl (C=O) groups is 1. The van der Waals surface area contributed by atoms with Gasteiger partial charge in [0.1, 0.15) is 11.9 Å². The Balaban J connectivity index is 1.54. The van der Waals surface area contributed by atoms with Crippen molar-refractivity contribution in [1.82, 2.24) is 15.0 Å². The molecule has 1 atom stereocenters. The third kappa shape index (κ3) is 3.99. The molecular weight excluding hydrogens is 383 g/mol. The summed E-state index contributed by atoms with van der Waals surface area (Å²) in [6.45, 7) is 0.589. The maximum atomic E-state index is 13.1. The van der Waals surface area contributed by atoms with Gasteiger partial charge >= 0.3 is 6.03 Å². The maximum absolute atomic E-state index is 13.1. The Morgan fingerprint density at radius 1 is 1.21 bits per heavy atom. The Labute approximate surface area is 166 Å². The number of urea groups is 1. The molecule has 2 heterocycles. The number of hydrogen-bond donors (Lipinski definition) is 1. The number of nitrogens with one attached hydrogen (secondary N) is 1. The lowest BCUT2D eigenvalue weighted by Crippen LogP contribution is -2.41. The maximum Gasteiger partial charge on any atom is 0.322 e. The van der Waals surface area contributed by atoms with Crippen LogP contribution in [-0.2, 0) is 0 Å². The van der Waals surface area contributed by atoms with Crippen LogP contribution in [0.3, 0.4) is 0 Å². The van der Waals surface area contributed by atoms with Crippen LogP contribution < -0.4 is 5.32 Å². The van der Waals surface area contributed by atoms with Crippen molar-refractivity contribution in [3.63, 3.8) is 0 Å². The minimum absolute atomic E-state index is 0.242. The molecule has 0 spiro atoms. The standard InChI is InChI=1S/C20H18ClFN4O2/c21-14-4-3-5-16(12-14)23-20(27)26-11-2-1-6-17(26)19-24-18(25-28-19)13-7-9-15(22)10-8-13/h3-5,7-10,12,17H,1-2,6,11H2,(H,23,27). The summed E-state index contributed by atoms with van der Waals surface area (Å²) in [5.74, 6) is 0.416. The van der Waals surface area contributed by atoms with Crippen LogP contribution in [0.5, 0.6) is 0 Å². The molecule has 1 aliphatic heterocycles. The SMILES string of the molecule is O=C(Nc1cccc(Cl)c1)N1CCCCC1c1nc(-c2ccc(F)cc2)no1. The first kappa shape index (κ1) is 18.4. The average molecular weight is 401 g/mol. The van der Waals surface area contributed by atoms with Crippen molar-refractivity contribution < 1.29 is 13.7 Å². The van der Waals surface area contributed by atoms with E-state index >= 15 is 0 Å². The minimum Gasteiger partial charge on any atom is -0.337 e. The van der Waals surface area contributed by atoms with Gasteiger partial charge in [0, 0.05) is 22.8 Å².